The van der Waals surface area contributed by atoms with E-state index in [4.69, 9.17) is 0 Å². The first-order valence-electron chi connectivity index (χ1n) is 5.67. The van der Waals surface area contributed by atoms with Crippen LogP contribution in [0.25, 0.3) is 0 Å². The molecule has 0 aromatic carbocycles. The van der Waals surface area contributed by atoms with Crippen LogP contribution in [0.3, 0.4) is 0 Å². The Morgan fingerprint density at radius 1 is 1.47 bits per heavy atom. The summed E-state index contributed by atoms with van der Waals surface area (Å²) in [4.78, 5) is 36.6. The molecule has 2 atom stereocenters. The van der Waals surface area contributed by atoms with Crippen LogP contribution in [-0.2, 0) is 19.1 Å². The van der Waals surface area contributed by atoms with Crippen molar-refractivity contribution in [3.05, 3.63) is 11.6 Å². The van der Waals surface area contributed by atoms with Gasteiger partial charge >= 0.3 is 5.97 Å². The van der Waals surface area contributed by atoms with Crippen LogP contribution in [0.5, 0.6) is 0 Å². The van der Waals surface area contributed by atoms with Crippen LogP contribution >= 0.6 is 0 Å². The zero-order valence-electron chi connectivity index (χ0n) is 9.93. The number of ether oxygens (including phenoxy) is 1. The molecule has 0 saturated carbocycles. The van der Waals surface area contributed by atoms with Gasteiger partial charge in [0.15, 0.2) is 0 Å². The highest BCUT2D eigenvalue weighted by Crippen LogP contribution is 2.37. The Morgan fingerprint density at radius 3 is 2.82 bits per heavy atom. The van der Waals surface area contributed by atoms with E-state index in [1.807, 2.05) is 6.08 Å². The molecule has 0 spiro atoms. The van der Waals surface area contributed by atoms with Crippen LogP contribution < -0.4 is 0 Å². The lowest BCUT2D eigenvalue weighted by atomic mass is 9.75. The summed E-state index contributed by atoms with van der Waals surface area (Å²) in [5.41, 5.74) is 0.591. The molecule has 1 heterocycles. The van der Waals surface area contributed by atoms with Crippen LogP contribution in [0.4, 0.5) is 0 Å². The first-order valence-corrected chi connectivity index (χ1v) is 5.67. The predicted molar refractivity (Wildman–Crippen MR) is 58.7 cm³/mol. The van der Waals surface area contributed by atoms with E-state index in [9.17, 15) is 14.4 Å². The van der Waals surface area contributed by atoms with Gasteiger partial charge in [0.05, 0.1) is 7.11 Å². The molecule has 17 heavy (non-hydrogen) atoms. The van der Waals surface area contributed by atoms with Crippen LogP contribution in [0.15, 0.2) is 11.6 Å². The Balaban J connectivity index is 2.41. The smallest absolute Gasteiger partial charge is 0.318 e. The Kier molecular flexibility index (Phi) is 3.00. The third kappa shape index (κ3) is 1.75. The molecule has 1 fully saturated rings. The number of nitrogens with zero attached hydrogens (tertiary/aromatic N) is 1. The molecule has 1 saturated heterocycles. The highest BCUT2D eigenvalue weighted by Gasteiger charge is 2.47. The van der Waals surface area contributed by atoms with Gasteiger partial charge in [-0.1, -0.05) is 6.08 Å². The fourth-order valence-corrected chi connectivity index (χ4v) is 2.56. The van der Waals surface area contributed by atoms with Crippen LogP contribution in [-0.4, -0.2) is 36.8 Å². The lowest BCUT2D eigenvalue weighted by molar-refractivity contribution is -0.160. The van der Waals surface area contributed by atoms with Crippen LogP contribution in [0.1, 0.15) is 19.3 Å². The normalized spacial score (nSPS) is 28.6. The summed E-state index contributed by atoms with van der Waals surface area (Å²) >= 11 is 0. The van der Waals surface area contributed by atoms with E-state index in [-0.39, 0.29) is 11.8 Å². The summed E-state index contributed by atoms with van der Waals surface area (Å²) in [5.74, 6) is -2.43. The molecule has 1 aliphatic heterocycles. The summed E-state index contributed by atoms with van der Waals surface area (Å²) in [6.07, 6.45) is 4.26. The number of piperidine rings is 1. The Bertz CT molecular complexity index is 413. The minimum absolute atomic E-state index is 0.278. The number of amides is 2. The minimum Gasteiger partial charge on any atom is -0.468 e. The van der Waals surface area contributed by atoms with Gasteiger partial charge < -0.3 is 4.74 Å². The van der Waals surface area contributed by atoms with Gasteiger partial charge in [0.1, 0.15) is 5.92 Å². The van der Waals surface area contributed by atoms with E-state index in [0.29, 0.717) is 12.0 Å². The third-order valence-electron chi connectivity index (χ3n) is 3.49. The average molecular weight is 237 g/mol. The number of carbonyl (C=O) groups excluding carboxylic acids is 3. The van der Waals surface area contributed by atoms with E-state index in [1.165, 1.54) is 14.2 Å². The third-order valence-corrected chi connectivity index (χ3v) is 3.49. The zero-order chi connectivity index (χ0) is 12.6. The molecule has 5 heteroatoms. The number of esters is 1. The molecule has 2 aliphatic rings. The monoisotopic (exact) mass is 237 g/mol. The van der Waals surface area contributed by atoms with Crippen molar-refractivity contribution in [2.75, 3.05) is 14.2 Å². The number of allylic oxidation sites excluding steroid dienone is 1. The second-order valence-corrected chi connectivity index (χ2v) is 4.40. The Labute approximate surface area is 99.4 Å². The molecule has 92 valence electrons. The van der Waals surface area contributed by atoms with Gasteiger partial charge in [-0.15, -0.1) is 0 Å². The van der Waals surface area contributed by atoms with Gasteiger partial charge in [-0.05, 0) is 19.3 Å². The van der Waals surface area contributed by atoms with Gasteiger partial charge in [0, 0.05) is 18.5 Å². The maximum Gasteiger partial charge on any atom is 0.318 e. The molecule has 0 aromatic heterocycles. The van der Waals surface area contributed by atoms with Crippen LogP contribution in [0.2, 0.25) is 0 Å². The number of fused-ring (bicyclic) bond motifs is 1. The average Bonchev–Trinajstić information content (AvgIpc) is 2.36. The molecular weight excluding hydrogens is 222 g/mol. The summed E-state index contributed by atoms with van der Waals surface area (Å²) in [6, 6.07) is 0. The van der Waals surface area contributed by atoms with Gasteiger partial charge in [-0.25, -0.2) is 0 Å². The quantitative estimate of drug-likeness (QED) is 0.378. The highest BCUT2D eigenvalue weighted by atomic mass is 16.5. The van der Waals surface area contributed by atoms with Gasteiger partial charge in [-0.3, -0.25) is 19.3 Å². The zero-order valence-corrected chi connectivity index (χ0v) is 9.93. The Hall–Kier alpha value is -1.65. The van der Waals surface area contributed by atoms with Crippen molar-refractivity contribution in [3.63, 3.8) is 0 Å². The van der Waals surface area contributed by atoms with Gasteiger partial charge in [-0.2, -0.15) is 0 Å². The lowest BCUT2D eigenvalue weighted by Gasteiger charge is -2.36. The maximum absolute atomic E-state index is 12.0. The van der Waals surface area contributed by atoms with E-state index in [1.54, 1.807) is 0 Å². The number of likely N-dealkylation sites (tertiary alicyclic amines) is 1. The molecule has 0 aromatic rings. The summed E-state index contributed by atoms with van der Waals surface area (Å²) in [5, 5.41) is 0. The van der Waals surface area contributed by atoms with Crippen molar-refractivity contribution in [2.45, 2.75) is 19.3 Å². The van der Waals surface area contributed by atoms with Crippen molar-refractivity contribution in [1.29, 1.82) is 0 Å². The number of likely N-dealkylation sites (N-methyl/N-ethyl adjacent to an activating group) is 1. The summed E-state index contributed by atoms with van der Waals surface area (Å²) in [6.45, 7) is 0. The number of methoxy groups -OCH3 is 1. The first kappa shape index (κ1) is 11.8. The van der Waals surface area contributed by atoms with Crippen molar-refractivity contribution in [1.82, 2.24) is 4.90 Å². The second-order valence-electron chi connectivity index (χ2n) is 4.40. The second kappa shape index (κ2) is 4.31. The van der Waals surface area contributed by atoms with Crippen molar-refractivity contribution in [2.24, 2.45) is 11.8 Å². The number of carbonyl (C=O) groups is 3. The lowest BCUT2D eigenvalue weighted by Crippen LogP contribution is -2.52. The van der Waals surface area contributed by atoms with Crippen molar-refractivity contribution >= 4 is 17.8 Å². The molecule has 2 unspecified atom stereocenters. The van der Waals surface area contributed by atoms with E-state index >= 15 is 0 Å². The molecule has 0 bridgehead atoms. The molecule has 5 nitrogen and oxygen atoms in total. The Morgan fingerprint density at radius 2 is 2.18 bits per heavy atom. The minimum atomic E-state index is -0.853. The molecule has 0 radical (unpaired) electrons. The molecular formula is C12H15NO4. The van der Waals surface area contributed by atoms with Crippen LogP contribution in [0, 0.1) is 11.8 Å². The predicted octanol–water partition coefficient (Wildman–Crippen LogP) is 0.501. The molecule has 1 aliphatic carbocycles. The van der Waals surface area contributed by atoms with Crippen molar-refractivity contribution in [3.8, 4) is 0 Å². The molecule has 2 rings (SSSR count). The summed E-state index contributed by atoms with van der Waals surface area (Å²) in [7, 11) is 2.67. The topological polar surface area (TPSA) is 63.7 Å². The van der Waals surface area contributed by atoms with E-state index in [0.717, 1.165) is 17.7 Å². The van der Waals surface area contributed by atoms with E-state index in [2.05, 4.69) is 4.74 Å². The molecule has 0 N–H and O–H groups in total. The number of imide groups is 1. The van der Waals surface area contributed by atoms with Crippen molar-refractivity contribution < 1.29 is 19.1 Å². The fraction of sp³-hybridized carbons (Fsp3) is 0.583. The number of hydrogen-bond donors (Lipinski definition) is 0. The van der Waals surface area contributed by atoms with Gasteiger partial charge in [0.25, 0.3) is 5.91 Å². The SMILES string of the molecule is COC(=O)C1C(=O)N(C)C(=O)C2=CCCCC21. The van der Waals surface area contributed by atoms with E-state index < -0.39 is 17.8 Å². The largest absolute Gasteiger partial charge is 0.468 e. The van der Waals surface area contributed by atoms with Gasteiger partial charge in [0.2, 0.25) is 5.91 Å². The fourth-order valence-electron chi connectivity index (χ4n) is 2.56. The first-order chi connectivity index (χ1) is 8.07. The summed E-state index contributed by atoms with van der Waals surface area (Å²) < 4.78 is 4.67. The standard InChI is InChI=1S/C12H15NO4/c1-13-10(14)8-6-4-3-5-7(8)9(11(13)15)12(16)17-2/h6-7,9H,3-5H2,1-2H3. The number of rotatable bonds is 1. The maximum atomic E-state index is 12.0. The highest BCUT2D eigenvalue weighted by molar-refractivity contribution is 6.14. The molecule has 2 amide bonds. The number of hydrogen-bond acceptors (Lipinski definition) is 4.